The molecule has 0 heterocycles. The highest BCUT2D eigenvalue weighted by atomic mass is 32.2. The molecule has 1 fully saturated rings. The monoisotopic (exact) mass is 305 g/mol. The summed E-state index contributed by atoms with van der Waals surface area (Å²) in [5, 5.41) is 12.6. The number of hydrogen-bond acceptors (Lipinski definition) is 5. The third-order valence-electron chi connectivity index (χ3n) is 3.85. The Hall–Kier alpha value is -1.22. The Morgan fingerprint density at radius 2 is 2.14 bits per heavy atom. The van der Waals surface area contributed by atoms with Crippen LogP contribution in [0.2, 0.25) is 0 Å². The van der Waals surface area contributed by atoms with Gasteiger partial charge in [-0.2, -0.15) is 5.26 Å². The van der Waals surface area contributed by atoms with Crippen LogP contribution >= 0.6 is 11.8 Å². The van der Waals surface area contributed by atoms with Crippen LogP contribution in [0.1, 0.15) is 31.2 Å². The Morgan fingerprint density at radius 3 is 2.81 bits per heavy atom. The van der Waals surface area contributed by atoms with Gasteiger partial charge in [-0.15, -0.1) is 11.8 Å². The summed E-state index contributed by atoms with van der Waals surface area (Å²) < 4.78 is 5.88. The Bertz CT molecular complexity index is 493. The molecule has 0 aliphatic heterocycles. The summed E-state index contributed by atoms with van der Waals surface area (Å²) in [5.74, 6) is 0. The highest BCUT2D eigenvalue weighted by molar-refractivity contribution is 7.98. The molecule has 114 valence electrons. The fourth-order valence-corrected chi connectivity index (χ4v) is 3.20. The predicted octanol–water partition coefficient (Wildman–Crippen LogP) is 2.98. The fourth-order valence-electron chi connectivity index (χ4n) is 2.63. The zero-order valence-corrected chi connectivity index (χ0v) is 13.3. The quantitative estimate of drug-likeness (QED) is 0.624. The maximum Gasteiger partial charge on any atom is 0.102 e. The number of anilines is 1. The highest BCUT2D eigenvalue weighted by Gasteiger charge is 2.18. The summed E-state index contributed by atoms with van der Waals surface area (Å²) >= 11 is 1.59. The molecule has 1 aliphatic carbocycles. The number of ether oxygens (including phenoxy) is 1. The van der Waals surface area contributed by atoms with Gasteiger partial charge in [0.25, 0.3) is 0 Å². The number of nitrogens with one attached hydrogen (secondary N) is 1. The van der Waals surface area contributed by atoms with Gasteiger partial charge in [0, 0.05) is 17.5 Å². The first-order valence-electron chi connectivity index (χ1n) is 7.42. The zero-order valence-electron chi connectivity index (χ0n) is 12.5. The van der Waals surface area contributed by atoms with Crippen molar-refractivity contribution in [2.75, 3.05) is 24.7 Å². The molecule has 0 amide bonds. The van der Waals surface area contributed by atoms with Crippen molar-refractivity contribution in [3.05, 3.63) is 23.8 Å². The number of hydrogen-bond donors (Lipinski definition) is 2. The lowest BCUT2D eigenvalue weighted by Gasteiger charge is -2.26. The summed E-state index contributed by atoms with van der Waals surface area (Å²) in [6, 6.07) is 8.51. The highest BCUT2D eigenvalue weighted by Crippen LogP contribution is 2.26. The van der Waals surface area contributed by atoms with Crippen molar-refractivity contribution in [1.82, 2.24) is 0 Å². The SMILES string of the molecule is CSc1cccc(NCCOC2CCC(N)CC2)c1C#N. The van der Waals surface area contributed by atoms with Gasteiger partial charge in [-0.05, 0) is 44.1 Å². The lowest BCUT2D eigenvalue weighted by Crippen LogP contribution is -2.31. The van der Waals surface area contributed by atoms with Crippen LogP contribution in [-0.2, 0) is 4.74 Å². The average molecular weight is 305 g/mol. The molecule has 0 spiro atoms. The molecule has 2 rings (SSSR count). The van der Waals surface area contributed by atoms with E-state index in [0.29, 0.717) is 24.3 Å². The van der Waals surface area contributed by atoms with Gasteiger partial charge in [-0.1, -0.05) is 6.07 Å². The number of benzene rings is 1. The maximum absolute atomic E-state index is 9.27. The van der Waals surface area contributed by atoms with Crippen LogP contribution in [0.5, 0.6) is 0 Å². The lowest BCUT2D eigenvalue weighted by molar-refractivity contribution is 0.0313. The molecule has 1 saturated carbocycles. The molecule has 0 saturated heterocycles. The Balaban J connectivity index is 1.77. The number of nitrogens with two attached hydrogens (primary N) is 1. The standard InChI is InChI=1S/C16H23N3OS/c1-21-16-4-2-3-15(14(16)11-17)19-9-10-20-13-7-5-12(18)6-8-13/h2-4,12-13,19H,5-10,18H2,1H3. The van der Waals surface area contributed by atoms with E-state index >= 15 is 0 Å². The van der Waals surface area contributed by atoms with E-state index in [9.17, 15) is 5.26 Å². The zero-order chi connectivity index (χ0) is 15.1. The second-order valence-electron chi connectivity index (χ2n) is 5.33. The Kier molecular flexibility index (Phi) is 6.37. The van der Waals surface area contributed by atoms with Crippen molar-refractivity contribution >= 4 is 17.4 Å². The molecule has 1 aromatic rings. The predicted molar refractivity (Wildman–Crippen MR) is 87.6 cm³/mol. The normalized spacial score (nSPS) is 21.8. The number of nitriles is 1. The molecule has 1 aliphatic rings. The third kappa shape index (κ3) is 4.63. The average Bonchev–Trinajstić information content (AvgIpc) is 2.52. The molecular formula is C16H23N3OS. The number of thioether (sulfide) groups is 1. The minimum atomic E-state index is 0.347. The minimum absolute atomic E-state index is 0.347. The fraction of sp³-hybridized carbons (Fsp3) is 0.562. The van der Waals surface area contributed by atoms with E-state index in [1.807, 2.05) is 24.5 Å². The second-order valence-corrected chi connectivity index (χ2v) is 6.18. The first-order valence-corrected chi connectivity index (χ1v) is 8.65. The van der Waals surface area contributed by atoms with Gasteiger partial charge in [0.1, 0.15) is 6.07 Å². The van der Waals surface area contributed by atoms with Gasteiger partial charge >= 0.3 is 0 Å². The van der Waals surface area contributed by atoms with E-state index in [4.69, 9.17) is 10.5 Å². The van der Waals surface area contributed by atoms with E-state index in [0.717, 1.165) is 42.8 Å². The number of rotatable bonds is 6. The summed E-state index contributed by atoms with van der Waals surface area (Å²) in [4.78, 5) is 1.00. The third-order valence-corrected chi connectivity index (χ3v) is 4.63. The topological polar surface area (TPSA) is 71.1 Å². The summed E-state index contributed by atoms with van der Waals surface area (Å²) in [6.07, 6.45) is 6.58. The summed E-state index contributed by atoms with van der Waals surface area (Å²) in [5.41, 5.74) is 7.49. The van der Waals surface area contributed by atoms with Crippen LogP contribution in [0.15, 0.2) is 23.1 Å². The van der Waals surface area contributed by atoms with Gasteiger partial charge in [-0.3, -0.25) is 0 Å². The van der Waals surface area contributed by atoms with E-state index in [1.165, 1.54) is 0 Å². The van der Waals surface area contributed by atoms with E-state index < -0.39 is 0 Å². The molecule has 0 aromatic heterocycles. The maximum atomic E-state index is 9.27. The van der Waals surface area contributed by atoms with Crippen molar-refractivity contribution in [3.63, 3.8) is 0 Å². The van der Waals surface area contributed by atoms with Gasteiger partial charge in [0.05, 0.1) is 24.0 Å². The van der Waals surface area contributed by atoms with E-state index in [1.54, 1.807) is 11.8 Å². The molecule has 0 radical (unpaired) electrons. The second kappa shape index (κ2) is 8.28. The largest absolute Gasteiger partial charge is 0.382 e. The molecule has 21 heavy (non-hydrogen) atoms. The van der Waals surface area contributed by atoms with Gasteiger partial charge < -0.3 is 15.8 Å². The molecule has 5 heteroatoms. The van der Waals surface area contributed by atoms with Gasteiger partial charge in [0.2, 0.25) is 0 Å². The Labute approximate surface area is 131 Å². The van der Waals surface area contributed by atoms with Crippen LogP contribution in [0, 0.1) is 11.3 Å². The minimum Gasteiger partial charge on any atom is -0.382 e. The van der Waals surface area contributed by atoms with Crippen LogP contribution in [0.4, 0.5) is 5.69 Å². The molecule has 1 aromatic carbocycles. The van der Waals surface area contributed by atoms with Crippen LogP contribution in [-0.4, -0.2) is 31.6 Å². The smallest absolute Gasteiger partial charge is 0.102 e. The Morgan fingerprint density at radius 1 is 1.38 bits per heavy atom. The molecule has 4 nitrogen and oxygen atoms in total. The van der Waals surface area contributed by atoms with Crippen molar-refractivity contribution in [2.24, 2.45) is 5.73 Å². The van der Waals surface area contributed by atoms with E-state index in [-0.39, 0.29) is 0 Å². The van der Waals surface area contributed by atoms with Crippen LogP contribution < -0.4 is 11.1 Å². The molecular weight excluding hydrogens is 282 g/mol. The van der Waals surface area contributed by atoms with Gasteiger partial charge in [0.15, 0.2) is 0 Å². The summed E-state index contributed by atoms with van der Waals surface area (Å²) in [6.45, 7) is 1.38. The number of nitrogens with zero attached hydrogens (tertiary/aromatic N) is 1. The molecule has 0 unspecified atom stereocenters. The first kappa shape index (κ1) is 16.2. The van der Waals surface area contributed by atoms with Crippen molar-refractivity contribution in [2.45, 2.75) is 42.7 Å². The van der Waals surface area contributed by atoms with Crippen LogP contribution in [0.25, 0.3) is 0 Å². The lowest BCUT2D eigenvalue weighted by atomic mass is 9.94. The van der Waals surface area contributed by atoms with E-state index in [2.05, 4.69) is 11.4 Å². The van der Waals surface area contributed by atoms with Gasteiger partial charge in [-0.25, -0.2) is 0 Å². The van der Waals surface area contributed by atoms with Crippen molar-refractivity contribution in [1.29, 1.82) is 5.26 Å². The molecule has 0 atom stereocenters. The van der Waals surface area contributed by atoms with Crippen molar-refractivity contribution < 1.29 is 4.74 Å². The van der Waals surface area contributed by atoms with Crippen LogP contribution in [0.3, 0.4) is 0 Å². The molecule has 3 N–H and O–H groups in total. The summed E-state index contributed by atoms with van der Waals surface area (Å²) in [7, 11) is 0. The first-order chi connectivity index (χ1) is 10.2. The van der Waals surface area contributed by atoms with Crippen molar-refractivity contribution in [3.8, 4) is 6.07 Å². The molecule has 0 bridgehead atoms.